The second-order valence-corrected chi connectivity index (χ2v) is 22.6. The van der Waals surface area contributed by atoms with Gasteiger partial charge < -0.3 is 24.9 Å². The first-order valence-corrected chi connectivity index (χ1v) is 31.5. The number of allylic oxidation sites excluding steroid dienone is 20. The number of carbonyl (C=O) groups is 1. The number of phosphoric ester groups is 1. The van der Waals surface area contributed by atoms with E-state index in [1.807, 2.05) is 21.1 Å². The lowest BCUT2D eigenvalue weighted by molar-refractivity contribution is -0.870. The molecule has 0 heterocycles. The summed E-state index contributed by atoms with van der Waals surface area (Å²) in [5.74, 6) is -0.278. The maximum absolute atomic E-state index is 13.0. The van der Waals surface area contributed by atoms with Gasteiger partial charge in [-0.3, -0.25) is 13.8 Å². The number of quaternary nitrogens is 1. The second-order valence-electron chi connectivity index (χ2n) is 21.1. The first-order valence-electron chi connectivity index (χ1n) is 30.0. The van der Waals surface area contributed by atoms with Crippen molar-refractivity contribution in [1.29, 1.82) is 0 Å². The molecule has 0 saturated carbocycles. The lowest BCUT2D eigenvalue weighted by atomic mass is 10.0. The Morgan fingerprint density at radius 3 is 1.27 bits per heavy atom. The third-order valence-corrected chi connectivity index (χ3v) is 13.7. The van der Waals surface area contributed by atoms with Crippen molar-refractivity contribution in [3.05, 3.63) is 122 Å². The monoisotopic (exact) mass is 1070 g/mol. The highest BCUT2D eigenvalue weighted by Gasteiger charge is 2.31. The summed E-state index contributed by atoms with van der Waals surface area (Å²) in [5, 5.41) is 24.8. The Morgan fingerprint density at radius 1 is 0.480 bits per heavy atom. The van der Waals surface area contributed by atoms with E-state index in [0.717, 1.165) is 96.3 Å². The van der Waals surface area contributed by atoms with Gasteiger partial charge in [0.05, 0.1) is 39.9 Å². The molecule has 0 aliphatic rings. The molecule has 0 bridgehead atoms. The minimum atomic E-state index is -4.44. The van der Waals surface area contributed by atoms with Crippen LogP contribution in [0.5, 0.6) is 0 Å². The smallest absolute Gasteiger partial charge is 0.390 e. The molecule has 1 amide bonds. The van der Waals surface area contributed by atoms with Gasteiger partial charge in [-0.05, 0) is 116 Å². The first kappa shape index (κ1) is 71.9. The van der Waals surface area contributed by atoms with E-state index < -0.39 is 32.7 Å². The number of hydrogen-bond donors (Lipinski definition) is 4. The van der Waals surface area contributed by atoms with Crippen molar-refractivity contribution >= 4 is 13.7 Å². The molecule has 75 heavy (non-hydrogen) atoms. The number of rotatable bonds is 53. The Balaban J connectivity index is 4.10. The molecule has 9 nitrogen and oxygen atoms in total. The van der Waals surface area contributed by atoms with E-state index in [2.05, 4.69) is 141 Å². The lowest BCUT2D eigenvalue weighted by Gasteiger charge is -2.28. The van der Waals surface area contributed by atoms with Crippen LogP contribution in [0.2, 0.25) is 0 Å². The first-order chi connectivity index (χ1) is 36.4. The zero-order chi connectivity index (χ0) is 55.0. The van der Waals surface area contributed by atoms with Crippen LogP contribution in [0.15, 0.2) is 122 Å². The number of aliphatic hydroxyl groups excluding tert-OH is 2. The molecule has 0 radical (unpaired) electrons. The van der Waals surface area contributed by atoms with E-state index in [1.165, 1.54) is 89.9 Å². The molecule has 0 saturated heterocycles. The number of hydrogen-bond acceptors (Lipinski definition) is 6. The fraction of sp³-hybridized carbons (Fsp3) is 0.677. The van der Waals surface area contributed by atoms with E-state index >= 15 is 0 Å². The molecule has 0 aliphatic carbocycles. The molecule has 0 aliphatic heterocycles. The standard InChI is InChI=1S/C65H113N2O7P/c1-6-8-10-12-14-16-18-20-21-22-23-24-25-26-27-28-29-30-31-32-33-34-35-36-37-38-39-40-41-42-43-44-45-46-48-50-52-54-56-58-64(69)66-62(61-74-75(71,72)73-60-59-67(3,4)5)65(70)63(68)57-55-53-51-49-47-19-17-15-13-11-9-7-2/h8,10,14-17,20-21,23-24,26-27,29-30,32-33,35-36,49,51,62-63,65,68,70H,6-7,9,11-13,18-19,22,25,28,31,34,37-48,50,52-61H2,1-5H3,(H-,66,69,71,72)/p+1/b10-8-,16-14-,17-15+,21-20-,24-23-,27-26-,30-29-,33-32-,36-35-,51-49+. The summed E-state index contributed by atoms with van der Waals surface area (Å²) < 4.78 is 23.6. The van der Waals surface area contributed by atoms with E-state index in [1.54, 1.807) is 0 Å². The van der Waals surface area contributed by atoms with Crippen LogP contribution in [0.3, 0.4) is 0 Å². The number of nitrogens with one attached hydrogen (secondary N) is 1. The van der Waals surface area contributed by atoms with Gasteiger partial charge in [0.2, 0.25) is 5.91 Å². The molecular weight excluding hydrogens is 952 g/mol. The molecule has 430 valence electrons. The highest BCUT2D eigenvalue weighted by molar-refractivity contribution is 7.47. The van der Waals surface area contributed by atoms with Gasteiger partial charge in [0.15, 0.2) is 0 Å². The molecule has 0 spiro atoms. The summed E-state index contributed by atoms with van der Waals surface area (Å²) in [5.41, 5.74) is 0. The summed E-state index contributed by atoms with van der Waals surface area (Å²) in [6.45, 7) is 4.42. The maximum atomic E-state index is 13.0. The van der Waals surface area contributed by atoms with Crippen molar-refractivity contribution in [2.24, 2.45) is 0 Å². The molecule has 0 fully saturated rings. The van der Waals surface area contributed by atoms with Crippen molar-refractivity contribution in [2.75, 3.05) is 40.9 Å². The number of likely N-dealkylation sites (N-methyl/N-ethyl adjacent to an activating group) is 1. The van der Waals surface area contributed by atoms with Crippen LogP contribution in [0.1, 0.15) is 226 Å². The quantitative estimate of drug-likeness (QED) is 0.0207. The Labute approximate surface area is 461 Å². The highest BCUT2D eigenvalue weighted by Crippen LogP contribution is 2.43. The molecule has 10 heteroatoms. The minimum Gasteiger partial charge on any atom is -0.390 e. The Kier molecular flexibility index (Phi) is 52.0. The summed E-state index contributed by atoms with van der Waals surface area (Å²) >= 11 is 0. The topological polar surface area (TPSA) is 125 Å². The SMILES string of the molecule is CC/C=C\C/C=C\C/C=C\C/C=C\C/C=C\C/C=C\C/C=C\C/C=C\CCCCCCCCCCCCCCCCC(=O)NC(COP(=O)(O)OCC[N+](C)(C)C)C(O)C(O)CCC/C=C/CC/C=C/CCCCC. The minimum absolute atomic E-state index is 0.00897. The summed E-state index contributed by atoms with van der Waals surface area (Å²) in [6.07, 6.45) is 77.3. The van der Waals surface area contributed by atoms with Crippen molar-refractivity contribution < 1.29 is 38.0 Å². The van der Waals surface area contributed by atoms with Gasteiger partial charge in [0, 0.05) is 6.42 Å². The summed E-state index contributed by atoms with van der Waals surface area (Å²) in [4.78, 5) is 23.3. The third kappa shape index (κ3) is 55.4. The van der Waals surface area contributed by atoms with E-state index in [9.17, 15) is 24.5 Å². The Bertz CT molecular complexity index is 1650. The van der Waals surface area contributed by atoms with Crippen molar-refractivity contribution in [3.63, 3.8) is 0 Å². The highest BCUT2D eigenvalue weighted by atomic mass is 31.2. The predicted molar refractivity (Wildman–Crippen MR) is 324 cm³/mol. The van der Waals surface area contributed by atoms with Crippen LogP contribution in [0.4, 0.5) is 0 Å². The largest absolute Gasteiger partial charge is 0.472 e. The molecular formula is C65H114N2O7P+. The second kappa shape index (κ2) is 54.2. The summed E-state index contributed by atoms with van der Waals surface area (Å²) in [6, 6.07) is -1.06. The van der Waals surface area contributed by atoms with Crippen LogP contribution >= 0.6 is 7.82 Å². The molecule has 0 rings (SSSR count). The number of carbonyl (C=O) groups excluding carboxylic acids is 1. The number of unbranched alkanes of at least 4 members (excludes halogenated alkanes) is 19. The fourth-order valence-electron chi connectivity index (χ4n) is 8.06. The van der Waals surface area contributed by atoms with Crippen LogP contribution in [0.25, 0.3) is 0 Å². The van der Waals surface area contributed by atoms with Crippen molar-refractivity contribution in [2.45, 2.75) is 244 Å². The molecule has 4 atom stereocenters. The van der Waals surface area contributed by atoms with Gasteiger partial charge in [0.25, 0.3) is 0 Å². The zero-order valence-electron chi connectivity index (χ0n) is 48.6. The Hall–Kier alpha value is -3.14. The van der Waals surface area contributed by atoms with Gasteiger partial charge in [0.1, 0.15) is 19.3 Å². The van der Waals surface area contributed by atoms with Crippen LogP contribution < -0.4 is 5.32 Å². The predicted octanol–water partition coefficient (Wildman–Crippen LogP) is 17.5. The van der Waals surface area contributed by atoms with Gasteiger partial charge in [-0.1, -0.05) is 225 Å². The van der Waals surface area contributed by atoms with Crippen LogP contribution in [-0.2, 0) is 18.4 Å². The van der Waals surface area contributed by atoms with E-state index in [0.29, 0.717) is 30.3 Å². The van der Waals surface area contributed by atoms with Crippen molar-refractivity contribution in [1.82, 2.24) is 5.32 Å². The third-order valence-electron chi connectivity index (χ3n) is 12.8. The summed E-state index contributed by atoms with van der Waals surface area (Å²) in [7, 11) is 1.40. The fourth-order valence-corrected chi connectivity index (χ4v) is 8.79. The molecule has 4 N–H and O–H groups in total. The van der Waals surface area contributed by atoms with E-state index in [4.69, 9.17) is 9.05 Å². The van der Waals surface area contributed by atoms with Crippen molar-refractivity contribution in [3.8, 4) is 0 Å². The number of phosphoric acid groups is 1. The normalized spacial score (nSPS) is 15.1. The molecule has 0 aromatic rings. The van der Waals surface area contributed by atoms with Gasteiger partial charge in [-0.2, -0.15) is 0 Å². The Morgan fingerprint density at radius 2 is 0.840 bits per heavy atom. The van der Waals surface area contributed by atoms with Gasteiger partial charge in [-0.25, -0.2) is 4.57 Å². The lowest BCUT2D eigenvalue weighted by Crippen LogP contribution is -2.51. The van der Waals surface area contributed by atoms with Crippen LogP contribution in [-0.4, -0.2) is 84.6 Å². The molecule has 0 aromatic heterocycles. The molecule has 0 aromatic carbocycles. The van der Waals surface area contributed by atoms with Gasteiger partial charge >= 0.3 is 7.82 Å². The number of amides is 1. The maximum Gasteiger partial charge on any atom is 0.472 e. The van der Waals surface area contributed by atoms with Crippen LogP contribution in [0, 0.1) is 0 Å². The average molecular weight is 1070 g/mol. The number of nitrogens with zero attached hydrogens (tertiary/aromatic N) is 1. The van der Waals surface area contributed by atoms with Gasteiger partial charge in [-0.15, -0.1) is 0 Å². The van der Waals surface area contributed by atoms with E-state index in [-0.39, 0.29) is 18.9 Å². The average Bonchev–Trinajstić information content (AvgIpc) is 3.37. The molecule has 4 unspecified atom stereocenters. The number of aliphatic hydroxyl groups is 2. The zero-order valence-corrected chi connectivity index (χ0v) is 49.5.